The van der Waals surface area contributed by atoms with Gasteiger partial charge in [0.2, 0.25) is 5.91 Å². The van der Waals surface area contributed by atoms with Crippen LogP contribution in [-0.4, -0.2) is 25.6 Å². The molecular formula is C16H21BrN2O2. The van der Waals surface area contributed by atoms with Crippen molar-refractivity contribution in [2.45, 2.75) is 32.2 Å². The monoisotopic (exact) mass is 352 g/mol. The molecule has 2 N–H and O–H groups in total. The molecule has 0 atom stereocenters. The zero-order valence-corrected chi connectivity index (χ0v) is 13.7. The Kier molecular flexibility index (Phi) is 4.80. The first-order chi connectivity index (χ1) is 10.2. The number of carbonyl (C=O) groups excluding carboxylic acids is 1. The molecule has 0 saturated carbocycles. The molecule has 1 amide bonds. The van der Waals surface area contributed by atoms with Crippen molar-refractivity contribution in [1.82, 2.24) is 10.6 Å². The summed E-state index contributed by atoms with van der Waals surface area (Å²) in [6, 6.07) is 4.14. The second-order valence-corrected chi connectivity index (χ2v) is 6.74. The van der Waals surface area contributed by atoms with Crippen molar-refractivity contribution in [3.8, 4) is 5.75 Å². The highest BCUT2D eigenvalue weighted by Gasteiger charge is 2.19. The molecule has 1 aromatic rings. The number of halogens is 1. The molecule has 0 radical (unpaired) electrons. The van der Waals surface area contributed by atoms with E-state index in [1.54, 1.807) is 0 Å². The predicted octanol–water partition coefficient (Wildman–Crippen LogP) is 2.39. The van der Waals surface area contributed by atoms with Gasteiger partial charge in [-0.25, -0.2) is 0 Å². The molecule has 0 bridgehead atoms. The molecule has 0 spiro atoms. The fourth-order valence-corrected chi connectivity index (χ4v) is 3.64. The number of nitrogens with one attached hydrogen (secondary N) is 2. The lowest BCUT2D eigenvalue weighted by molar-refractivity contribution is -0.122. The number of piperidine rings is 1. The van der Waals surface area contributed by atoms with Gasteiger partial charge >= 0.3 is 0 Å². The highest BCUT2D eigenvalue weighted by Crippen LogP contribution is 2.32. The summed E-state index contributed by atoms with van der Waals surface area (Å²) in [4.78, 5) is 12.1. The summed E-state index contributed by atoms with van der Waals surface area (Å²) in [6.07, 6.45) is 3.79. The summed E-state index contributed by atoms with van der Waals surface area (Å²) >= 11 is 3.53. The number of carbonyl (C=O) groups is 1. The maximum absolute atomic E-state index is 12.1. The molecule has 5 heteroatoms. The minimum Gasteiger partial charge on any atom is -0.493 e. The predicted molar refractivity (Wildman–Crippen MR) is 85.4 cm³/mol. The molecule has 0 aromatic heterocycles. The van der Waals surface area contributed by atoms with Gasteiger partial charge in [-0.3, -0.25) is 4.79 Å². The molecule has 1 saturated heterocycles. The van der Waals surface area contributed by atoms with E-state index in [4.69, 9.17) is 4.74 Å². The highest BCUT2D eigenvalue weighted by atomic mass is 79.9. The number of hydrogen-bond donors (Lipinski definition) is 2. The summed E-state index contributed by atoms with van der Waals surface area (Å²) < 4.78 is 6.74. The smallest absolute Gasteiger partial charge is 0.220 e. The second-order valence-electron chi connectivity index (χ2n) is 5.83. The Morgan fingerprint density at radius 2 is 2.19 bits per heavy atom. The molecule has 2 aliphatic rings. The minimum absolute atomic E-state index is 0.147. The Balaban J connectivity index is 1.56. The SMILES string of the molecule is O=C(CC1CCNCC1)NCc1cc(Br)cc2c1OCC2. The summed E-state index contributed by atoms with van der Waals surface area (Å²) in [7, 11) is 0. The van der Waals surface area contributed by atoms with Crippen molar-refractivity contribution in [3.63, 3.8) is 0 Å². The van der Waals surface area contributed by atoms with E-state index in [2.05, 4.69) is 32.6 Å². The van der Waals surface area contributed by atoms with Crippen LogP contribution in [0.5, 0.6) is 5.75 Å². The number of ether oxygens (including phenoxy) is 1. The van der Waals surface area contributed by atoms with Gasteiger partial charge in [-0.2, -0.15) is 0 Å². The van der Waals surface area contributed by atoms with E-state index in [1.807, 2.05) is 6.07 Å². The van der Waals surface area contributed by atoms with Crippen LogP contribution in [0.4, 0.5) is 0 Å². The maximum Gasteiger partial charge on any atom is 0.220 e. The summed E-state index contributed by atoms with van der Waals surface area (Å²) in [5, 5.41) is 6.37. The van der Waals surface area contributed by atoms with Crippen molar-refractivity contribution in [2.75, 3.05) is 19.7 Å². The third-order valence-electron chi connectivity index (χ3n) is 4.23. The van der Waals surface area contributed by atoms with Crippen LogP contribution in [0.25, 0.3) is 0 Å². The van der Waals surface area contributed by atoms with Gasteiger partial charge in [0.15, 0.2) is 0 Å². The molecule has 21 heavy (non-hydrogen) atoms. The number of hydrogen-bond acceptors (Lipinski definition) is 3. The number of rotatable bonds is 4. The molecular weight excluding hydrogens is 332 g/mol. The molecule has 4 nitrogen and oxygen atoms in total. The maximum atomic E-state index is 12.1. The van der Waals surface area contributed by atoms with E-state index in [0.29, 0.717) is 18.9 Å². The van der Waals surface area contributed by atoms with E-state index in [9.17, 15) is 4.79 Å². The van der Waals surface area contributed by atoms with Crippen LogP contribution in [0.3, 0.4) is 0 Å². The van der Waals surface area contributed by atoms with Gasteiger partial charge in [-0.15, -0.1) is 0 Å². The van der Waals surface area contributed by atoms with E-state index >= 15 is 0 Å². The molecule has 0 aliphatic carbocycles. The minimum atomic E-state index is 0.147. The van der Waals surface area contributed by atoms with Gasteiger partial charge in [0.25, 0.3) is 0 Å². The van der Waals surface area contributed by atoms with Gasteiger partial charge in [0.1, 0.15) is 5.75 Å². The summed E-state index contributed by atoms with van der Waals surface area (Å²) in [6.45, 7) is 3.35. The normalized spacial score (nSPS) is 18.1. The van der Waals surface area contributed by atoms with Gasteiger partial charge < -0.3 is 15.4 Å². The fourth-order valence-electron chi connectivity index (χ4n) is 3.09. The summed E-state index contributed by atoms with van der Waals surface area (Å²) in [5.41, 5.74) is 2.29. The second kappa shape index (κ2) is 6.79. The van der Waals surface area contributed by atoms with Gasteiger partial charge in [0.05, 0.1) is 6.61 Å². The van der Waals surface area contributed by atoms with Crippen molar-refractivity contribution in [1.29, 1.82) is 0 Å². The number of amides is 1. The first-order valence-corrected chi connectivity index (χ1v) is 8.43. The average Bonchev–Trinajstić information content (AvgIpc) is 2.94. The van der Waals surface area contributed by atoms with Gasteiger partial charge in [-0.1, -0.05) is 15.9 Å². The van der Waals surface area contributed by atoms with Crippen LogP contribution < -0.4 is 15.4 Å². The molecule has 2 aliphatic heterocycles. The Morgan fingerprint density at radius 3 is 3.00 bits per heavy atom. The first kappa shape index (κ1) is 14.9. The lowest BCUT2D eigenvalue weighted by Crippen LogP contribution is -2.32. The van der Waals surface area contributed by atoms with Crippen molar-refractivity contribution < 1.29 is 9.53 Å². The Hall–Kier alpha value is -1.07. The quantitative estimate of drug-likeness (QED) is 0.874. The van der Waals surface area contributed by atoms with Crippen LogP contribution in [-0.2, 0) is 17.8 Å². The zero-order chi connectivity index (χ0) is 14.7. The van der Waals surface area contributed by atoms with E-state index in [0.717, 1.165) is 54.7 Å². The third kappa shape index (κ3) is 3.77. The largest absolute Gasteiger partial charge is 0.493 e. The Labute approximate surface area is 133 Å². The Morgan fingerprint density at radius 1 is 1.38 bits per heavy atom. The lowest BCUT2D eigenvalue weighted by atomic mass is 9.94. The van der Waals surface area contributed by atoms with Crippen LogP contribution >= 0.6 is 15.9 Å². The van der Waals surface area contributed by atoms with E-state index in [-0.39, 0.29) is 5.91 Å². The third-order valence-corrected chi connectivity index (χ3v) is 4.69. The number of fused-ring (bicyclic) bond motifs is 1. The van der Waals surface area contributed by atoms with Crippen LogP contribution in [0.15, 0.2) is 16.6 Å². The fraction of sp³-hybridized carbons (Fsp3) is 0.562. The molecule has 2 heterocycles. The zero-order valence-electron chi connectivity index (χ0n) is 12.1. The van der Waals surface area contributed by atoms with Crippen LogP contribution in [0.2, 0.25) is 0 Å². The van der Waals surface area contributed by atoms with Crippen molar-refractivity contribution in [2.24, 2.45) is 5.92 Å². The average molecular weight is 353 g/mol. The van der Waals surface area contributed by atoms with E-state index < -0.39 is 0 Å². The number of benzene rings is 1. The first-order valence-electron chi connectivity index (χ1n) is 7.64. The summed E-state index contributed by atoms with van der Waals surface area (Å²) in [5.74, 6) is 1.63. The Bertz CT molecular complexity index is 527. The van der Waals surface area contributed by atoms with Crippen LogP contribution in [0.1, 0.15) is 30.4 Å². The van der Waals surface area contributed by atoms with E-state index in [1.165, 1.54) is 5.56 Å². The lowest BCUT2D eigenvalue weighted by Gasteiger charge is -2.22. The molecule has 3 rings (SSSR count). The molecule has 1 fully saturated rings. The van der Waals surface area contributed by atoms with Gasteiger partial charge in [0, 0.05) is 29.4 Å². The topological polar surface area (TPSA) is 50.4 Å². The van der Waals surface area contributed by atoms with Crippen LogP contribution in [0, 0.1) is 5.92 Å². The molecule has 0 unspecified atom stereocenters. The van der Waals surface area contributed by atoms with Crippen molar-refractivity contribution in [3.05, 3.63) is 27.7 Å². The standard InChI is InChI=1S/C16H21BrN2O2/c17-14-8-12-3-6-21-16(12)13(9-14)10-19-15(20)7-11-1-4-18-5-2-11/h8-9,11,18H,1-7,10H2,(H,19,20). The molecule has 1 aromatic carbocycles. The van der Waals surface area contributed by atoms with Gasteiger partial charge in [-0.05, 0) is 49.5 Å². The molecule has 114 valence electrons. The van der Waals surface area contributed by atoms with Crippen molar-refractivity contribution >= 4 is 21.8 Å². The highest BCUT2D eigenvalue weighted by molar-refractivity contribution is 9.10.